The Morgan fingerprint density at radius 2 is 1.76 bits per heavy atom. The van der Waals surface area contributed by atoms with E-state index in [9.17, 15) is 41.4 Å². The second kappa shape index (κ2) is 13.4. The minimum atomic E-state index is -5.70. The molecule has 1 aliphatic carbocycles. The van der Waals surface area contributed by atoms with E-state index < -0.39 is 60.3 Å². The quantitative estimate of drug-likeness (QED) is 0.286. The Hall–Kier alpha value is -4.58. The fourth-order valence-corrected chi connectivity index (χ4v) is 6.26. The number of rotatable bonds is 11. The number of carbonyl (C=O) groups excluding carboxylic acids is 2. The van der Waals surface area contributed by atoms with Gasteiger partial charge in [0.15, 0.2) is 11.4 Å². The van der Waals surface area contributed by atoms with Crippen LogP contribution in [0.2, 0.25) is 0 Å². The monoisotopic (exact) mass is 698 g/mol. The van der Waals surface area contributed by atoms with E-state index in [-0.39, 0.29) is 80.0 Å². The highest BCUT2D eigenvalue weighted by molar-refractivity contribution is 5.95. The molecule has 268 valence electrons. The molecule has 0 radical (unpaired) electrons. The first kappa shape index (κ1) is 35.7. The number of halogens is 5. The molecule has 5 rings (SSSR count). The third-order valence-corrected chi connectivity index (χ3v) is 8.99. The Morgan fingerprint density at radius 1 is 1.10 bits per heavy atom. The standard InChI is InChI=1S/C30H39F5N10O4/c1-6-20-23(42-9-11-43(12-10-42)25(48)22-24(47)17(3)36-15-37-22)26(49)45-28(39-27(40-45)41(4)5)44(20)14-21(46)38-16(2)13-19(18-7-8-18)29(31,32)30(33,34)35/h15-16,18-19,47H,6-14H2,1-5H3,(H,38,46). The number of fused-ring (bicyclic) bond motifs is 1. The molecule has 0 aromatic carbocycles. The van der Waals surface area contributed by atoms with E-state index in [0.29, 0.717) is 5.69 Å². The van der Waals surface area contributed by atoms with Crippen molar-refractivity contribution in [1.29, 1.82) is 0 Å². The lowest BCUT2D eigenvalue weighted by Gasteiger charge is -2.36. The van der Waals surface area contributed by atoms with E-state index in [1.54, 1.807) is 37.7 Å². The molecule has 3 aromatic heterocycles. The number of anilines is 2. The number of alkyl halides is 5. The average Bonchev–Trinajstić information content (AvgIpc) is 3.77. The lowest BCUT2D eigenvalue weighted by molar-refractivity contribution is -0.306. The summed E-state index contributed by atoms with van der Waals surface area (Å²) in [6.45, 7) is 5.03. The van der Waals surface area contributed by atoms with Crippen LogP contribution in [0.5, 0.6) is 5.75 Å². The number of aryl methyl sites for hydroxylation is 1. The lowest BCUT2D eigenvalue weighted by Crippen LogP contribution is -2.51. The van der Waals surface area contributed by atoms with Crippen molar-refractivity contribution in [3.8, 4) is 5.75 Å². The van der Waals surface area contributed by atoms with Gasteiger partial charge in [-0.3, -0.25) is 14.4 Å². The van der Waals surface area contributed by atoms with Crippen molar-refractivity contribution in [3.05, 3.63) is 33.8 Å². The van der Waals surface area contributed by atoms with E-state index in [1.165, 1.54) is 22.7 Å². The van der Waals surface area contributed by atoms with Crippen LogP contribution in [-0.4, -0.2) is 109 Å². The predicted octanol–water partition coefficient (Wildman–Crippen LogP) is 2.40. The maximum atomic E-state index is 14.4. The van der Waals surface area contributed by atoms with Crippen molar-refractivity contribution < 1.29 is 36.6 Å². The smallest absolute Gasteiger partial charge is 0.453 e. The Labute approximate surface area is 277 Å². The molecule has 2 atom stereocenters. The molecule has 2 N–H and O–H groups in total. The van der Waals surface area contributed by atoms with Crippen LogP contribution in [0.3, 0.4) is 0 Å². The number of piperazine rings is 1. The van der Waals surface area contributed by atoms with Gasteiger partial charge in [0, 0.05) is 52.2 Å². The molecule has 4 heterocycles. The van der Waals surface area contributed by atoms with Crippen LogP contribution < -0.4 is 20.7 Å². The summed E-state index contributed by atoms with van der Waals surface area (Å²) in [4.78, 5) is 57.6. The van der Waals surface area contributed by atoms with Gasteiger partial charge in [-0.2, -0.15) is 31.5 Å². The summed E-state index contributed by atoms with van der Waals surface area (Å²) in [5.41, 5.74) is 0.245. The summed E-state index contributed by atoms with van der Waals surface area (Å²) in [5.74, 6) is -8.91. The van der Waals surface area contributed by atoms with Crippen molar-refractivity contribution >= 4 is 29.2 Å². The summed E-state index contributed by atoms with van der Waals surface area (Å²) in [7, 11) is 3.33. The Kier molecular flexibility index (Phi) is 9.75. The predicted molar refractivity (Wildman–Crippen MR) is 167 cm³/mol. The van der Waals surface area contributed by atoms with E-state index in [1.807, 2.05) is 0 Å². The molecule has 1 saturated carbocycles. The Bertz CT molecular complexity index is 1780. The van der Waals surface area contributed by atoms with E-state index >= 15 is 0 Å². The van der Waals surface area contributed by atoms with Crippen molar-refractivity contribution in [3.63, 3.8) is 0 Å². The number of aromatic hydroxyl groups is 1. The molecule has 19 heteroatoms. The first-order valence-electron chi connectivity index (χ1n) is 15.9. The fourth-order valence-electron chi connectivity index (χ4n) is 6.26. The zero-order valence-electron chi connectivity index (χ0n) is 27.8. The van der Waals surface area contributed by atoms with Gasteiger partial charge in [-0.25, -0.2) is 9.97 Å². The Balaban J connectivity index is 1.41. The van der Waals surface area contributed by atoms with Gasteiger partial charge in [-0.05, 0) is 45.4 Å². The summed E-state index contributed by atoms with van der Waals surface area (Å²) < 4.78 is 71.0. The van der Waals surface area contributed by atoms with Gasteiger partial charge >= 0.3 is 12.1 Å². The van der Waals surface area contributed by atoms with Gasteiger partial charge < -0.3 is 29.7 Å². The molecule has 2 unspecified atom stereocenters. The fraction of sp³-hybridized carbons (Fsp3) is 0.633. The van der Waals surface area contributed by atoms with Crippen LogP contribution in [0.1, 0.15) is 55.0 Å². The van der Waals surface area contributed by atoms with E-state index in [2.05, 4.69) is 25.4 Å². The summed E-state index contributed by atoms with van der Waals surface area (Å²) in [6.07, 6.45) is -4.31. The number of hydrogen-bond acceptors (Lipinski definition) is 10. The summed E-state index contributed by atoms with van der Waals surface area (Å²) >= 11 is 0. The highest BCUT2D eigenvalue weighted by atomic mass is 19.4. The minimum Gasteiger partial charge on any atom is -0.504 e. The molecule has 2 fully saturated rings. The van der Waals surface area contributed by atoms with Gasteiger partial charge in [0.1, 0.15) is 18.6 Å². The summed E-state index contributed by atoms with van der Waals surface area (Å²) in [5, 5.41) is 17.2. The summed E-state index contributed by atoms with van der Waals surface area (Å²) in [6, 6.07) is -1.01. The Morgan fingerprint density at radius 3 is 2.33 bits per heavy atom. The van der Waals surface area contributed by atoms with Crippen LogP contribution in [-0.2, 0) is 17.8 Å². The maximum Gasteiger partial charge on any atom is 0.453 e. The molecule has 49 heavy (non-hydrogen) atoms. The van der Waals surface area contributed by atoms with Crippen LogP contribution in [0.15, 0.2) is 11.1 Å². The zero-order chi connectivity index (χ0) is 36.0. The number of nitrogens with one attached hydrogen (secondary N) is 1. The minimum absolute atomic E-state index is 0.0417. The van der Waals surface area contributed by atoms with Gasteiger partial charge in [0.05, 0.1) is 11.4 Å². The lowest BCUT2D eigenvalue weighted by atomic mass is 9.88. The third kappa shape index (κ3) is 6.96. The first-order chi connectivity index (χ1) is 23.0. The highest BCUT2D eigenvalue weighted by Crippen LogP contribution is 2.52. The van der Waals surface area contributed by atoms with Crippen LogP contribution in [0, 0.1) is 18.8 Å². The van der Waals surface area contributed by atoms with E-state index in [0.717, 1.165) is 4.52 Å². The third-order valence-electron chi connectivity index (χ3n) is 8.99. The van der Waals surface area contributed by atoms with Gasteiger partial charge in [0.2, 0.25) is 17.6 Å². The molecule has 3 aromatic rings. The average molecular weight is 699 g/mol. The maximum absolute atomic E-state index is 14.4. The molecular weight excluding hydrogens is 659 g/mol. The topological polar surface area (TPSA) is 154 Å². The zero-order valence-corrected chi connectivity index (χ0v) is 27.8. The van der Waals surface area contributed by atoms with Crippen LogP contribution in [0.25, 0.3) is 5.78 Å². The number of nitrogens with zero attached hydrogens (tertiary/aromatic N) is 9. The largest absolute Gasteiger partial charge is 0.504 e. The van der Waals surface area contributed by atoms with Crippen molar-refractivity contribution in [2.24, 2.45) is 11.8 Å². The molecule has 2 amide bonds. The first-order valence-corrected chi connectivity index (χ1v) is 15.9. The molecule has 2 aliphatic rings. The number of aromatic nitrogens is 6. The highest BCUT2D eigenvalue weighted by Gasteiger charge is 2.65. The van der Waals surface area contributed by atoms with Gasteiger partial charge in [-0.15, -0.1) is 5.10 Å². The molecule has 0 bridgehead atoms. The van der Waals surface area contributed by atoms with Crippen LogP contribution >= 0.6 is 0 Å². The molecule has 0 spiro atoms. The number of carbonyl (C=O) groups is 2. The number of hydrogen-bond donors (Lipinski definition) is 2. The van der Waals surface area contributed by atoms with Crippen molar-refractivity contribution in [2.75, 3.05) is 50.1 Å². The molecule has 14 nitrogen and oxygen atoms in total. The van der Waals surface area contributed by atoms with E-state index in [4.69, 9.17) is 0 Å². The van der Waals surface area contributed by atoms with Crippen LogP contribution in [0.4, 0.5) is 33.6 Å². The molecule has 1 aliphatic heterocycles. The SMILES string of the molecule is CCc1c(N2CCN(C(=O)c3ncnc(C)c3O)CC2)c(=O)n2nc(N(C)C)nc2n1CC(=O)NC(C)CC(C1CC1)C(F)(F)C(F)(F)F. The second-order valence-corrected chi connectivity index (χ2v) is 12.8. The van der Waals surface area contributed by atoms with Gasteiger partial charge in [-0.1, -0.05) is 6.92 Å². The second-order valence-electron chi connectivity index (χ2n) is 12.8. The number of amides is 2. The van der Waals surface area contributed by atoms with Crippen molar-refractivity contribution in [2.45, 2.75) is 71.1 Å². The van der Waals surface area contributed by atoms with Crippen molar-refractivity contribution in [1.82, 2.24) is 39.3 Å². The van der Waals surface area contributed by atoms with Gasteiger partial charge in [0.25, 0.3) is 11.5 Å². The normalized spacial score (nSPS) is 16.9. The molecule has 1 saturated heterocycles. The molecular formula is C30H39F5N10O4.